The zero-order chi connectivity index (χ0) is 11.7. The zero-order valence-electron chi connectivity index (χ0n) is 9.91. The third-order valence-corrected chi connectivity index (χ3v) is 2.89. The first kappa shape index (κ1) is 10.9. The number of esters is 1. The van der Waals surface area contributed by atoms with Crippen LogP contribution in [0.2, 0.25) is 0 Å². The topological polar surface area (TPSA) is 26.3 Å². The van der Waals surface area contributed by atoms with Gasteiger partial charge in [-0.2, -0.15) is 0 Å². The molecule has 0 saturated carbocycles. The number of hydrogen-bond donors (Lipinski definition) is 0. The van der Waals surface area contributed by atoms with Crippen LogP contribution in [-0.2, 0) is 9.53 Å². The molecule has 1 aliphatic rings. The highest BCUT2D eigenvalue weighted by Gasteiger charge is 2.24. The van der Waals surface area contributed by atoms with E-state index in [1.165, 1.54) is 23.6 Å². The van der Waals surface area contributed by atoms with Crippen molar-refractivity contribution in [2.45, 2.75) is 33.3 Å². The van der Waals surface area contributed by atoms with Crippen LogP contribution in [-0.4, -0.2) is 5.97 Å². The number of benzene rings is 1. The summed E-state index contributed by atoms with van der Waals surface area (Å²) in [6, 6.07) is 6.31. The molecule has 0 spiro atoms. The molecule has 16 heavy (non-hydrogen) atoms. The second kappa shape index (κ2) is 4.12. The second-order valence-corrected chi connectivity index (χ2v) is 4.17. The Morgan fingerprint density at radius 1 is 1.44 bits per heavy atom. The van der Waals surface area contributed by atoms with E-state index >= 15 is 0 Å². The minimum Gasteiger partial charge on any atom is -0.453 e. The van der Waals surface area contributed by atoms with Crippen molar-refractivity contribution in [3.63, 3.8) is 0 Å². The molecule has 0 radical (unpaired) electrons. The third kappa shape index (κ3) is 1.87. The molecule has 0 bridgehead atoms. The monoisotopic (exact) mass is 216 g/mol. The van der Waals surface area contributed by atoms with Crippen LogP contribution in [0.3, 0.4) is 0 Å². The van der Waals surface area contributed by atoms with Crippen molar-refractivity contribution in [2.75, 3.05) is 0 Å². The Morgan fingerprint density at radius 3 is 2.81 bits per heavy atom. The predicted octanol–water partition coefficient (Wildman–Crippen LogP) is 3.41. The Morgan fingerprint density at radius 2 is 2.19 bits per heavy atom. The van der Waals surface area contributed by atoms with Crippen molar-refractivity contribution in [2.24, 2.45) is 0 Å². The van der Waals surface area contributed by atoms with Gasteiger partial charge in [-0.1, -0.05) is 30.7 Å². The Kier molecular flexibility index (Phi) is 2.82. The molecule has 2 rings (SSSR count). The van der Waals surface area contributed by atoms with E-state index in [1.807, 2.05) is 6.08 Å². The average Bonchev–Trinajstić information content (AvgIpc) is 2.55. The average molecular weight is 216 g/mol. The summed E-state index contributed by atoms with van der Waals surface area (Å²) >= 11 is 0. The number of hydrogen-bond acceptors (Lipinski definition) is 2. The minimum atomic E-state index is -0.231. The fraction of sp³-hybridized carbons (Fsp3) is 0.357. The van der Waals surface area contributed by atoms with Crippen LogP contribution < -0.4 is 0 Å². The zero-order valence-corrected chi connectivity index (χ0v) is 9.91. The van der Waals surface area contributed by atoms with Crippen molar-refractivity contribution in [1.29, 1.82) is 0 Å². The maximum atomic E-state index is 11.0. The quantitative estimate of drug-likeness (QED) is 0.708. The lowest BCUT2D eigenvalue weighted by atomic mass is 10.0. The minimum absolute atomic E-state index is 0.192. The summed E-state index contributed by atoms with van der Waals surface area (Å²) in [5, 5.41) is 0. The number of fused-ring (bicyclic) bond motifs is 1. The number of rotatable bonds is 2. The van der Waals surface area contributed by atoms with Gasteiger partial charge in [0.15, 0.2) is 0 Å². The summed E-state index contributed by atoms with van der Waals surface area (Å²) in [7, 11) is 0. The van der Waals surface area contributed by atoms with E-state index in [0.717, 1.165) is 12.0 Å². The molecule has 1 atom stereocenters. The molecule has 1 aromatic rings. The van der Waals surface area contributed by atoms with Gasteiger partial charge in [-0.05, 0) is 30.6 Å². The third-order valence-electron chi connectivity index (χ3n) is 2.89. The highest BCUT2D eigenvalue weighted by molar-refractivity contribution is 5.76. The molecule has 0 amide bonds. The molecule has 0 N–H and O–H groups in total. The van der Waals surface area contributed by atoms with Crippen molar-refractivity contribution in [3.8, 4) is 0 Å². The first-order chi connectivity index (χ1) is 7.61. The molecule has 0 fully saturated rings. The molecule has 0 heterocycles. The van der Waals surface area contributed by atoms with Crippen molar-refractivity contribution in [3.05, 3.63) is 41.0 Å². The van der Waals surface area contributed by atoms with E-state index < -0.39 is 0 Å². The van der Waals surface area contributed by atoms with Gasteiger partial charge in [-0.15, -0.1) is 0 Å². The maximum Gasteiger partial charge on any atom is 0.303 e. The van der Waals surface area contributed by atoms with Crippen molar-refractivity contribution >= 4 is 11.5 Å². The lowest BCUT2D eigenvalue weighted by molar-refractivity contribution is -0.144. The second-order valence-electron chi connectivity index (χ2n) is 4.17. The smallest absolute Gasteiger partial charge is 0.303 e. The summed E-state index contributed by atoms with van der Waals surface area (Å²) in [5.74, 6) is -0.231. The molecule has 1 aromatic carbocycles. The van der Waals surface area contributed by atoms with E-state index in [2.05, 4.69) is 32.0 Å². The van der Waals surface area contributed by atoms with Gasteiger partial charge >= 0.3 is 5.97 Å². The Hall–Kier alpha value is -1.57. The maximum absolute atomic E-state index is 11.0. The van der Waals surface area contributed by atoms with E-state index in [-0.39, 0.29) is 12.1 Å². The van der Waals surface area contributed by atoms with Crippen LogP contribution in [0.15, 0.2) is 24.3 Å². The SMILES string of the molecule is CCC1=CC(OC(C)=O)c2cc(C)ccc21. The van der Waals surface area contributed by atoms with Crippen LogP contribution in [0.5, 0.6) is 0 Å². The van der Waals surface area contributed by atoms with Gasteiger partial charge in [0.2, 0.25) is 0 Å². The van der Waals surface area contributed by atoms with Crippen LogP contribution >= 0.6 is 0 Å². The molecule has 84 valence electrons. The van der Waals surface area contributed by atoms with Crippen LogP contribution in [0.4, 0.5) is 0 Å². The van der Waals surface area contributed by atoms with Crippen LogP contribution in [0, 0.1) is 6.92 Å². The number of carbonyl (C=O) groups is 1. The van der Waals surface area contributed by atoms with E-state index in [0.29, 0.717) is 0 Å². The standard InChI is InChI=1S/C14H16O2/c1-4-11-8-14(16-10(3)15)13-7-9(2)5-6-12(11)13/h5-8,14H,4H2,1-3H3. The number of allylic oxidation sites excluding steroid dienone is 1. The molecule has 2 nitrogen and oxygen atoms in total. The van der Waals surface area contributed by atoms with E-state index in [1.54, 1.807) is 0 Å². The molecule has 0 aromatic heterocycles. The first-order valence-electron chi connectivity index (χ1n) is 5.60. The molecular weight excluding hydrogens is 200 g/mol. The largest absolute Gasteiger partial charge is 0.453 e. The predicted molar refractivity (Wildman–Crippen MR) is 64.0 cm³/mol. The van der Waals surface area contributed by atoms with Gasteiger partial charge in [0.05, 0.1) is 0 Å². The summed E-state index contributed by atoms with van der Waals surface area (Å²) in [5.41, 5.74) is 4.80. The fourth-order valence-corrected chi connectivity index (χ4v) is 2.16. The summed E-state index contributed by atoms with van der Waals surface area (Å²) < 4.78 is 5.31. The lowest BCUT2D eigenvalue weighted by Crippen LogP contribution is -2.04. The number of ether oxygens (including phenoxy) is 1. The molecule has 0 aliphatic heterocycles. The number of aryl methyl sites for hydroxylation is 1. The molecule has 2 heteroatoms. The van der Waals surface area contributed by atoms with Crippen molar-refractivity contribution in [1.82, 2.24) is 0 Å². The molecule has 0 saturated heterocycles. The van der Waals surface area contributed by atoms with Gasteiger partial charge in [-0.25, -0.2) is 0 Å². The van der Waals surface area contributed by atoms with Gasteiger partial charge in [0.25, 0.3) is 0 Å². The Bertz CT molecular complexity index is 458. The normalized spacial score (nSPS) is 17.9. The van der Waals surface area contributed by atoms with E-state index in [9.17, 15) is 4.79 Å². The van der Waals surface area contributed by atoms with Gasteiger partial charge in [0.1, 0.15) is 6.10 Å². The van der Waals surface area contributed by atoms with Gasteiger partial charge in [-0.3, -0.25) is 4.79 Å². The van der Waals surface area contributed by atoms with Crippen molar-refractivity contribution < 1.29 is 9.53 Å². The molecule has 1 aliphatic carbocycles. The van der Waals surface area contributed by atoms with E-state index in [4.69, 9.17) is 4.74 Å². The number of carbonyl (C=O) groups excluding carboxylic acids is 1. The molecule has 1 unspecified atom stereocenters. The van der Waals surface area contributed by atoms with Crippen LogP contribution in [0.25, 0.3) is 5.57 Å². The van der Waals surface area contributed by atoms with Gasteiger partial charge < -0.3 is 4.74 Å². The van der Waals surface area contributed by atoms with Crippen LogP contribution in [0.1, 0.15) is 43.1 Å². The highest BCUT2D eigenvalue weighted by atomic mass is 16.5. The Balaban J connectivity index is 2.42. The molecular formula is C14H16O2. The van der Waals surface area contributed by atoms with Gasteiger partial charge in [0, 0.05) is 12.5 Å². The summed E-state index contributed by atoms with van der Waals surface area (Å²) in [6.07, 6.45) is 2.82. The highest BCUT2D eigenvalue weighted by Crippen LogP contribution is 2.38. The fourth-order valence-electron chi connectivity index (χ4n) is 2.16. The summed E-state index contributed by atoms with van der Waals surface area (Å²) in [4.78, 5) is 11.0. The first-order valence-corrected chi connectivity index (χ1v) is 5.60. The Labute approximate surface area is 95.9 Å². The summed E-state index contributed by atoms with van der Waals surface area (Å²) in [6.45, 7) is 5.62. The lowest BCUT2D eigenvalue weighted by Gasteiger charge is -2.11.